The lowest BCUT2D eigenvalue weighted by atomic mass is 10.2. The Morgan fingerprint density at radius 2 is 1.76 bits per heavy atom. The summed E-state index contributed by atoms with van der Waals surface area (Å²) < 4.78 is 25.8. The fraction of sp³-hybridized carbons (Fsp3) is 0.385. The molecule has 1 atom stereocenters. The van der Waals surface area contributed by atoms with Crippen molar-refractivity contribution >= 4 is 22.0 Å². The fourth-order valence-corrected chi connectivity index (χ4v) is 2.43. The predicted octanol–water partition coefficient (Wildman–Crippen LogP) is 0.508. The predicted molar refractivity (Wildman–Crippen MR) is 78.2 cm³/mol. The quantitative estimate of drug-likeness (QED) is 0.736. The number of rotatable bonds is 5. The van der Waals surface area contributed by atoms with E-state index in [1.165, 1.54) is 19.1 Å². The van der Waals surface area contributed by atoms with Gasteiger partial charge in [-0.05, 0) is 32.9 Å². The summed E-state index contributed by atoms with van der Waals surface area (Å²) in [7, 11) is -3.95. The van der Waals surface area contributed by atoms with Gasteiger partial charge in [-0.3, -0.25) is 4.79 Å². The molecule has 8 heteroatoms. The van der Waals surface area contributed by atoms with Crippen LogP contribution in [0.5, 0.6) is 0 Å². The molecule has 116 valence electrons. The largest absolute Gasteiger partial charge is 0.355 e. The van der Waals surface area contributed by atoms with E-state index in [1.54, 1.807) is 19.1 Å². The molecule has 0 saturated heterocycles. The Morgan fingerprint density at radius 1 is 1.19 bits per heavy atom. The summed E-state index contributed by atoms with van der Waals surface area (Å²) in [6.07, 6.45) is 0. The fourth-order valence-electron chi connectivity index (χ4n) is 1.52. The average molecular weight is 313 g/mol. The van der Waals surface area contributed by atoms with E-state index in [-0.39, 0.29) is 10.8 Å². The summed E-state index contributed by atoms with van der Waals surface area (Å²) in [5.74, 6) is -0.389. The first-order valence-corrected chi connectivity index (χ1v) is 7.92. The highest BCUT2D eigenvalue weighted by molar-refractivity contribution is 7.90. The summed E-state index contributed by atoms with van der Waals surface area (Å²) in [6.45, 7) is 5.45. The van der Waals surface area contributed by atoms with E-state index in [0.29, 0.717) is 6.54 Å². The number of benzene rings is 1. The van der Waals surface area contributed by atoms with Gasteiger partial charge in [0.15, 0.2) is 0 Å². The van der Waals surface area contributed by atoms with Crippen LogP contribution in [0.25, 0.3) is 0 Å². The Morgan fingerprint density at radius 3 is 2.29 bits per heavy atom. The van der Waals surface area contributed by atoms with Crippen LogP contribution in [0.1, 0.15) is 19.4 Å². The van der Waals surface area contributed by atoms with Gasteiger partial charge in [0.25, 0.3) is 10.0 Å². The first kappa shape index (κ1) is 17.0. The molecule has 21 heavy (non-hydrogen) atoms. The number of hydrogen-bond acceptors (Lipinski definition) is 4. The molecule has 0 aliphatic carbocycles. The monoisotopic (exact) mass is 313 g/mol. The molecule has 0 aliphatic heterocycles. The highest BCUT2D eigenvalue weighted by Gasteiger charge is 2.20. The number of nitrogens with one attached hydrogen (secondary N) is 3. The van der Waals surface area contributed by atoms with Crippen LogP contribution < -0.4 is 15.4 Å². The number of carbonyl (C=O) groups excluding carboxylic acids is 2. The van der Waals surface area contributed by atoms with E-state index in [0.717, 1.165) is 5.56 Å². The van der Waals surface area contributed by atoms with E-state index >= 15 is 0 Å². The molecule has 0 heterocycles. The highest BCUT2D eigenvalue weighted by atomic mass is 32.2. The van der Waals surface area contributed by atoms with Crippen LogP contribution in [0.2, 0.25) is 0 Å². The zero-order chi connectivity index (χ0) is 16.0. The van der Waals surface area contributed by atoms with Gasteiger partial charge < -0.3 is 10.6 Å². The molecule has 1 rings (SSSR count). The van der Waals surface area contributed by atoms with Crippen molar-refractivity contribution in [2.75, 3.05) is 6.54 Å². The molecule has 0 spiro atoms. The van der Waals surface area contributed by atoms with Gasteiger partial charge in [-0.15, -0.1) is 0 Å². The third-order valence-electron chi connectivity index (χ3n) is 2.65. The lowest BCUT2D eigenvalue weighted by Crippen LogP contribution is -2.49. The third kappa shape index (κ3) is 5.07. The van der Waals surface area contributed by atoms with Crippen molar-refractivity contribution in [1.29, 1.82) is 0 Å². The first-order chi connectivity index (χ1) is 9.76. The van der Waals surface area contributed by atoms with Crippen molar-refractivity contribution in [3.05, 3.63) is 29.8 Å². The lowest BCUT2D eigenvalue weighted by molar-refractivity contribution is -0.122. The summed E-state index contributed by atoms with van der Waals surface area (Å²) in [4.78, 5) is 23.1. The minimum atomic E-state index is -3.95. The van der Waals surface area contributed by atoms with Crippen LogP contribution in [-0.4, -0.2) is 32.9 Å². The van der Waals surface area contributed by atoms with Gasteiger partial charge in [0.05, 0.1) is 4.90 Å². The number of hydrogen-bond donors (Lipinski definition) is 3. The molecule has 0 saturated carbocycles. The van der Waals surface area contributed by atoms with E-state index < -0.39 is 22.1 Å². The van der Waals surface area contributed by atoms with Crippen molar-refractivity contribution in [3.63, 3.8) is 0 Å². The molecular weight excluding hydrogens is 294 g/mol. The SMILES string of the molecule is CCNC(=O)[C@@H](C)NC(=O)NS(=O)(=O)c1ccc(C)cc1. The Kier molecular flexibility index (Phi) is 5.71. The number of aryl methyl sites for hydroxylation is 1. The van der Waals surface area contributed by atoms with Crippen LogP contribution in [0.4, 0.5) is 4.79 Å². The molecule has 0 radical (unpaired) electrons. The molecule has 0 bridgehead atoms. The summed E-state index contributed by atoms with van der Waals surface area (Å²) in [5.41, 5.74) is 0.906. The van der Waals surface area contributed by atoms with E-state index in [4.69, 9.17) is 0 Å². The van der Waals surface area contributed by atoms with Gasteiger partial charge in [-0.2, -0.15) is 0 Å². The molecule has 0 fully saturated rings. The van der Waals surface area contributed by atoms with E-state index in [2.05, 4.69) is 10.6 Å². The second kappa shape index (κ2) is 7.07. The van der Waals surface area contributed by atoms with Crippen LogP contribution in [0, 0.1) is 6.92 Å². The highest BCUT2D eigenvalue weighted by Crippen LogP contribution is 2.09. The second-order valence-electron chi connectivity index (χ2n) is 4.51. The summed E-state index contributed by atoms with van der Waals surface area (Å²) >= 11 is 0. The van der Waals surface area contributed by atoms with Gasteiger partial charge in [0, 0.05) is 6.54 Å². The number of urea groups is 1. The van der Waals surface area contributed by atoms with Gasteiger partial charge in [0.2, 0.25) is 5.91 Å². The van der Waals surface area contributed by atoms with Crippen molar-refractivity contribution in [2.24, 2.45) is 0 Å². The molecule has 1 aromatic rings. The maximum atomic E-state index is 12.0. The van der Waals surface area contributed by atoms with Crippen molar-refractivity contribution < 1.29 is 18.0 Å². The Labute approximate surface area is 124 Å². The molecule has 0 unspecified atom stereocenters. The molecule has 3 amide bonds. The standard InChI is InChI=1S/C13H19N3O4S/c1-4-14-12(17)10(3)15-13(18)16-21(19,20)11-7-5-9(2)6-8-11/h5-8,10H,4H2,1-3H3,(H,14,17)(H2,15,16,18)/t10-/m1/s1. The number of sulfonamides is 1. The maximum Gasteiger partial charge on any atom is 0.329 e. The van der Waals surface area contributed by atoms with Gasteiger partial charge in [-0.1, -0.05) is 17.7 Å². The number of amides is 3. The van der Waals surface area contributed by atoms with E-state index in [9.17, 15) is 18.0 Å². The molecule has 1 aromatic carbocycles. The first-order valence-electron chi connectivity index (χ1n) is 6.44. The molecule has 7 nitrogen and oxygen atoms in total. The topological polar surface area (TPSA) is 104 Å². The maximum absolute atomic E-state index is 12.0. The summed E-state index contributed by atoms with van der Waals surface area (Å²) in [6, 6.07) is 4.27. The Hall–Kier alpha value is -2.09. The van der Waals surface area contributed by atoms with Gasteiger partial charge >= 0.3 is 6.03 Å². The van der Waals surface area contributed by atoms with E-state index in [1.807, 2.05) is 11.6 Å². The van der Waals surface area contributed by atoms with Crippen molar-refractivity contribution in [1.82, 2.24) is 15.4 Å². The van der Waals surface area contributed by atoms with Crippen LogP contribution in [0.15, 0.2) is 29.2 Å². The second-order valence-corrected chi connectivity index (χ2v) is 6.19. The third-order valence-corrected chi connectivity index (χ3v) is 4.00. The van der Waals surface area contributed by atoms with Gasteiger partial charge in [0.1, 0.15) is 6.04 Å². The number of likely N-dealkylation sites (N-methyl/N-ethyl adjacent to an activating group) is 1. The summed E-state index contributed by atoms with van der Waals surface area (Å²) in [5, 5.41) is 4.78. The molecule has 0 aliphatic rings. The van der Waals surface area contributed by atoms with Crippen LogP contribution in [0.3, 0.4) is 0 Å². The normalized spacial score (nSPS) is 12.3. The van der Waals surface area contributed by atoms with Crippen LogP contribution >= 0.6 is 0 Å². The van der Waals surface area contributed by atoms with Gasteiger partial charge in [-0.25, -0.2) is 17.9 Å². The smallest absolute Gasteiger partial charge is 0.329 e. The number of carbonyl (C=O) groups is 2. The lowest BCUT2D eigenvalue weighted by Gasteiger charge is -2.14. The minimum absolute atomic E-state index is 0.0195. The zero-order valence-electron chi connectivity index (χ0n) is 12.1. The molecule has 3 N–H and O–H groups in total. The minimum Gasteiger partial charge on any atom is -0.355 e. The van der Waals surface area contributed by atoms with Crippen molar-refractivity contribution in [3.8, 4) is 0 Å². The Bertz CT molecular complexity index is 611. The molecule has 0 aromatic heterocycles. The zero-order valence-corrected chi connectivity index (χ0v) is 13.0. The van der Waals surface area contributed by atoms with Crippen LogP contribution in [-0.2, 0) is 14.8 Å². The van der Waals surface area contributed by atoms with Crippen molar-refractivity contribution in [2.45, 2.75) is 31.7 Å². The Balaban J connectivity index is 2.69. The average Bonchev–Trinajstić information content (AvgIpc) is 2.38. The molecular formula is C13H19N3O4S.